The van der Waals surface area contributed by atoms with Gasteiger partial charge in [0.15, 0.2) is 0 Å². The van der Waals surface area contributed by atoms with Gasteiger partial charge in [-0.15, -0.1) is 0 Å². The minimum Gasteiger partial charge on any atom is -0.307 e. The summed E-state index contributed by atoms with van der Waals surface area (Å²) in [7, 11) is 0. The van der Waals surface area contributed by atoms with Crippen LogP contribution in [0.3, 0.4) is 0 Å². The van der Waals surface area contributed by atoms with Crippen LogP contribution >= 0.6 is 11.6 Å². The Morgan fingerprint density at radius 1 is 1.05 bits per heavy atom. The molecule has 0 fully saturated rings. The third kappa shape index (κ3) is 4.59. The summed E-state index contributed by atoms with van der Waals surface area (Å²) in [6.07, 6.45) is 0.982. The number of hydrogen-bond acceptors (Lipinski definition) is 1. The van der Waals surface area contributed by atoms with Crippen molar-refractivity contribution in [2.24, 2.45) is 0 Å². The van der Waals surface area contributed by atoms with E-state index in [9.17, 15) is 0 Å². The van der Waals surface area contributed by atoms with Crippen LogP contribution in [0.1, 0.15) is 42.1 Å². The van der Waals surface area contributed by atoms with E-state index < -0.39 is 0 Å². The molecule has 0 aliphatic carbocycles. The third-order valence-corrected chi connectivity index (χ3v) is 4.09. The summed E-state index contributed by atoms with van der Waals surface area (Å²) in [4.78, 5) is 0. The molecular weight excluding hydrogens is 278 g/mol. The van der Waals surface area contributed by atoms with Crippen molar-refractivity contribution in [3.8, 4) is 0 Å². The second kappa shape index (κ2) is 7.11. The lowest BCUT2D eigenvalue weighted by Crippen LogP contribution is -2.31. The fourth-order valence-corrected chi connectivity index (χ4v) is 3.12. The summed E-state index contributed by atoms with van der Waals surface area (Å²) in [6.45, 7) is 8.77. The molecule has 0 radical (unpaired) electrons. The van der Waals surface area contributed by atoms with Crippen molar-refractivity contribution in [3.63, 3.8) is 0 Å². The summed E-state index contributed by atoms with van der Waals surface area (Å²) in [5.41, 5.74) is 5.31. The van der Waals surface area contributed by atoms with Crippen LogP contribution in [0.5, 0.6) is 0 Å². The maximum atomic E-state index is 6.05. The van der Waals surface area contributed by atoms with E-state index in [0.717, 1.165) is 11.4 Å². The summed E-state index contributed by atoms with van der Waals surface area (Å²) in [5.74, 6) is 0. The summed E-state index contributed by atoms with van der Waals surface area (Å²) in [6, 6.07) is 15.5. The fourth-order valence-electron chi connectivity index (χ4n) is 2.90. The van der Waals surface area contributed by atoms with Gasteiger partial charge in [-0.3, -0.25) is 0 Å². The van der Waals surface area contributed by atoms with Gasteiger partial charge in [0.2, 0.25) is 0 Å². The molecule has 2 heteroatoms. The van der Waals surface area contributed by atoms with Gasteiger partial charge < -0.3 is 5.32 Å². The molecular formula is C19H24ClN. The van der Waals surface area contributed by atoms with Crippen molar-refractivity contribution in [2.45, 2.75) is 46.2 Å². The number of rotatable bonds is 5. The average Bonchev–Trinajstić information content (AvgIpc) is 2.38. The standard InChI is InChI=1S/C19H24ClN/c1-13-8-9-19(14(2)10-13)16(4)21-15(3)11-17-6-5-7-18(20)12-17/h5-10,12,15-16,21H,11H2,1-4H3. The van der Waals surface area contributed by atoms with Gasteiger partial charge in [-0.1, -0.05) is 47.5 Å². The van der Waals surface area contributed by atoms with E-state index in [4.69, 9.17) is 11.6 Å². The largest absolute Gasteiger partial charge is 0.307 e. The van der Waals surface area contributed by atoms with E-state index in [1.54, 1.807) is 0 Å². The predicted molar refractivity (Wildman–Crippen MR) is 92.1 cm³/mol. The van der Waals surface area contributed by atoms with Crippen LogP contribution in [0.4, 0.5) is 0 Å². The highest BCUT2D eigenvalue weighted by Gasteiger charge is 2.12. The lowest BCUT2D eigenvalue weighted by Gasteiger charge is -2.22. The maximum Gasteiger partial charge on any atom is 0.0408 e. The summed E-state index contributed by atoms with van der Waals surface area (Å²) >= 11 is 6.05. The number of benzene rings is 2. The van der Waals surface area contributed by atoms with Crippen LogP contribution < -0.4 is 5.32 Å². The van der Waals surface area contributed by atoms with Gasteiger partial charge in [-0.2, -0.15) is 0 Å². The van der Waals surface area contributed by atoms with Gasteiger partial charge in [0, 0.05) is 17.1 Å². The molecule has 2 atom stereocenters. The Hall–Kier alpha value is -1.31. The average molecular weight is 302 g/mol. The van der Waals surface area contributed by atoms with Crippen LogP contribution in [0.25, 0.3) is 0 Å². The van der Waals surface area contributed by atoms with E-state index in [-0.39, 0.29) is 0 Å². The molecule has 0 aliphatic rings. The van der Waals surface area contributed by atoms with E-state index in [1.165, 1.54) is 22.3 Å². The van der Waals surface area contributed by atoms with Gasteiger partial charge in [0.05, 0.1) is 0 Å². The highest BCUT2D eigenvalue weighted by molar-refractivity contribution is 6.30. The monoisotopic (exact) mass is 301 g/mol. The quantitative estimate of drug-likeness (QED) is 0.796. The normalized spacial score (nSPS) is 14.0. The Morgan fingerprint density at radius 2 is 1.81 bits per heavy atom. The van der Waals surface area contributed by atoms with Crippen LogP contribution in [-0.2, 0) is 6.42 Å². The molecule has 0 saturated carbocycles. The molecule has 0 saturated heterocycles. The zero-order valence-corrected chi connectivity index (χ0v) is 14.0. The Balaban J connectivity index is 2.00. The Labute approximate surface area is 133 Å². The van der Waals surface area contributed by atoms with Crippen molar-refractivity contribution >= 4 is 11.6 Å². The molecule has 1 nitrogen and oxygen atoms in total. The molecule has 0 aromatic heterocycles. The topological polar surface area (TPSA) is 12.0 Å². The fraction of sp³-hybridized carbons (Fsp3) is 0.368. The molecule has 0 aliphatic heterocycles. The molecule has 0 amide bonds. The minimum atomic E-state index is 0.347. The van der Waals surface area contributed by atoms with Crippen molar-refractivity contribution in [3.05, 3.63) is 69.7 Å². The van der Waals surface area contributed by atoms with E-state index >= 15 is 0 Å². The van der Waals surface area contributed by atoms with Crippen molar-refractivity contribution < 1.29 is 0 Å². The first-order valence-corrected chi connectivity index (χ1v) is 7.91. The first-order valence-electron chi connectivity index (χ1n) is 7.53. The molecule has 112 valence electrons. The molecule has 0 spiro atoms. The van der Waals surface area contributed by atoms with Crippen LogP contribution in [0, 0.1) is 13.8 Å². The van der Waals surface area contributed by atoms with Crippen molar-refractivity contribution in [1.29, 1.82) is 0 Å². The number of hydrogen-bond donors (Lipinski definition) is 1. The minimum absolute atomic E-state index is 0.347. The molecule has 2 rings (SSSR count). The van der Waals surface area contributed by atoms with E-state index in [0.29, 0.717) is 12.1 Å². The van der Waals surface area contributed by atoms with Crippen molar-refractivity contribution in [1.82, 2.24) is 5.32 Å². The zero-order valence-electron chi connectivity index (χ0n) is 13.3. The molecule has 2 unspecified atom stereocenters. The lowest BCUT2D eigenvalue weighted by molar-refractivity contribution is 0.476. The molecule has 0 bridgehead atoms. The lowest BCUT2D eigenvalue weighted by atomic mass is 9.99. The van der Waals surface area contributed by atoms with Crippen LogP contribution in [-0.4, -0.2) is 6.04 Å². The predicted octanol–water partition coefficient (Wildman–Crippen LogP) is 5.24. The van der Waals surface area contributed by atoms with Gasteiger partial charge in [-0.25, -0.2) is 0 Å². The van der Waals surface area contributed by atoms with Crippen molar-refractivity contribution in [2.75, 3.05) is 0 Å². The SMILES string of the molecule is Cc1ccc(C(C)NC(C)Cc2cccc(Cl)c2)c(C)c1. The van der Waals surface area contributed by atoms with Gasteiger partial charge in [0.25, 0.3) is 0 Å². The second-order valence-electron chi connectivity index (χ2n) is 5.98. The smallest absolute Gasteiger partial charge is 0.0408 e. The first-order chi connectivity index (χ1) is 9.95. The molecule has 0 heterocycles. The van der Waals surface area contributed by atoms with Crippen LogP contribution in [0.15, 0.2) is 42.5 Å². The zero-order chi connectivity index (χ0) is 15.4. The molecule has 2 aromatic rings. The third-order valence-electron chi connectivity index (χ3n) is 3.86. The molecule has 2 aromatic carbocycles. The number of nitrogens with one attached hydrogen (secondary N) is 1. The number of halogens is 1. The second-order valence-corrected chi connectivity index (χ2v) is 6.42. The highest BCUT2D eigenvalue weighted by Crippen LogP contribution is 2.20. The van der Waals surface area contributed by atoms with Crippen LogP contribution in [0.2, 0.25) is 5.02 Å². The van der Waals surface area contributed by atoms with E-state index in [2.05, 4.69) is 57.3 Å². The van der Waals surface area contributed by atoms with Gasteiger partial charge >= 0.3 is 0 Å². The summed E-state index contributed by atoms with van der Waals surface area (Å²) in [5, 5.41) is 4.49. The summed E-state index contributed by atoms with van der Waals surface area (Å²) < 4.78 is 0. The Morgan fingerprint density at radius 3 is 2.48 bits per heavy atom. The first kappa shape index (κ1) is 16.1. The maximum absolute atomic E-state index is 6.05. The van der Waals surface area contributed by atoms with E-state index in [1.807, 2.05) is 18.2 Å². The van der Waals surface area contributed by atoms with Gasteiger partial charge in [-0.05, 0) is 62.9 Å². The Bertz CT molecular complexity index is 606. The molecule has 21 heavy (non-hydrogen) atoms. The Kier molecular flexibility index (Phi) is 5.44. The molecule has 1 N–H and O–H groups in total. The van der Waals surface area contributed by atoms with Gasteiger partial charge in [0.1, 0.15) is 0 Å². The number of aryl methyl sites for hydroxylation is 2. The highest BCUT2D eigenvalue weighted by atomic mass is 35.5.